The number of nitrogens with one attached hydrogen (secondary N) is 2. The molecule has 0 spiro atoms. The summed E-state index contributed by atoms with van der Waals surface area (Å²) in [5.41, 5.74) is 1.63. The van der Waals surface area contributed by atoms with E-state index in [-0.39, 0.29) is 6.03 Å². The number of benzene rings is 2. The SMILES string of the molecule is CCCCCCCCCCCCCCCCCCOc1cc(NC(=O)NCc2ccc(Cl)cc2)cc(OCCCCCCCCCCCCCCCCCC)c1OCCCCCCCCCCCCCCCCCC. The van der Waals surface area contributed by atoms with E-state index >= 15 is 0 Å². The minimum atomic E-state index is -0.278. The van der Waals surface area contributed by atoms with Crippen LogP contribution < -0.4 is 24.8 Å². The molecular weight excluding hydrogens is 944 g/mol. The van der Waals surface area contributed by atoms with Gasteiger partial charge in [-0.2, -0.15) is 0 Å². The molecule has 7 heteroatoms. The molecule has 0 aromatic heterocycles. The number of rotatable bonds is 57. The summed E-state index contributed by atoms with van der Waals surface area (Å²) < 4.78 is 19.8. The Morgan fingerprint density at radius 1 is 0.360 bits per heavy atom. The number of hydrogen-bond donors (Lipinski definition) is 2. The highest BCUT2D eigenvalue weighted by atomic mass is 35.5. The van der Waals surface area contributed by atoms with Crippen molar-refractivity contribution in [3.05, 3.63) is 47.0 Å². The first-order valence-corrected chi connectivity index (χ1v) is 33.3. The van der Waals surface area contributed by atoms with Gasteiger partial charge in [0.25, 0.3) is 0 Å². The second kappa shape index (κ2) is 53.4. The van der Waals surface area contributed by atoms with Crippen molar-refractivity contribution in [3.63, 3.8) is 0 Å². The molecule has 0 bridgehead atoms. The first-order valence-electron chi connectivity index (χ1n) is 32.9. The third kappa shape index (κ3) is 43.0. The van der Waals surface area contributed by atoms with Crippen LogP contribution in [-0.2, 0) is 6.54 Å². The summed E-state index contributed by atoms with van der Waals surface area (Å²) in [7, 11) is 0. The molecule has 0 aliphatic heterocycles. The van der Waals surface area contributed by atoms with Gasteiger partial charge in [0.2, 0.25) is 5.75 Å². The van der Waals surface area contributed by atoms with Crippen LogP contribution in [-0.4, -0.2) is 25.9 Å². The predicted octanol–water partition coefficient (Wildman–Crippen LogP) is 23.6. The number of carbonyl (C=O) groups excluding carboxylic acids is 1. The van der Waals surface area contributed by atoms with Gasteiger partial charge in [0.15, 0.2) is 11.5 Å². The van der Waals surface area contributed by atoms with Crippen LogP contribution in [0.3, 0.4) is 0 Å². The van der Waals surface area contributed by atoms with E-state index in [9.17, 15) is 4.79 Å². The molecule has 75 heavy (non-hydrogen) atoms. The van der Waals surface area contributed by atoms with Crippen LogP contribution in [0.4, 0.5) is 10.5 Å². The van der Waals surface area contributed by atoms with Crippen LogP contribution >= 0.6 is 11.6 Å². The van der Waals surface area contributed by atoms with Gasteiger partial charge in [0, 0.05) is 23.7 Å². The molecule has 2 amide bonds. The van der Waals surface area contributed by atoms with Crippen molar-refractivity contribution in [1.29, 1.82) is 0 Å². The van der Waals surface area contributed by atoms with E-state index in [1.54, 1.807) is 0 Å². The molecule has 2 aromatic rings. The molecule has 6 nitrogen and oxygen atoms in total. The summed E-state index contributed by atoms with van der Waals surface area (Å²) in [5, 5.41) is 6.77. The van der Waals surface area contributed by atoms with Gasteiger partial charge in [-0.05, 0) is 37.0 Å². The molecule has 2 rings (SSSR count). The van der Waals surface area contributed by atoms with E-state index in [0.717, 1.165) is 44.1 Å². The Labute approximate surface area is 470 Å². The van der Waals surface area contributed by atoms with Crippen molar-refractivity contribution in [3.8, 4) is 17.2 Å². The number of ether oxygens (including phenoxy) is 3. The lowest BCUT2D eigenvalue weighted by atomic mass is 10.0. The van der Waals surface area contributed by atoms with Crippen LogP contribution in [0.1, 0.15) is 335 Å². The number of anilines is 1. The largest absolute Gasteiger partial charge is 0.489 e. The van der Waals surface area contributed by atoms with Crippen molar-refractivity contribution in [2.24, 2.45) is 0 Å². The summed E-state index contributed by atoms with van der Waals surface area (Å²) in [4.78, 5) is 13.3. The van der Waals surface area contributed by atoms with E-state index in [4.69, 9.17) is 25.8 Å². The highest BCUT2D eigenvalue weighted by Gasteiger charge is 2.18. The Morgan fingerprint density at radius 3 is 0.893 bits per heavy atom. The maximum Gasteiger partial charge on any atom is 0.319 e. The van der Waals surface area contributed by atoms with E-state index < -0.39 is 0 Å². The van der Waals surface area contributed by atoms with Gasteiger partial charge in [-0.25, -0.2) is 4.79 Å². The number of amides is 2. The van der Waals surface area contributed by atoms with Crippen molar-refractivity contribution >= 4 is 23.3 Å². The summed E-state index contributed by atoms with van der Waals surface area (Å²) in [6.45, 7) is 9.13. The summed E-state index contributed by atoms with van der Waals surface area (Å²) in [5.74, 6) is 1.99. The maximum atomic E-state index is 13.3. The molecule has 0 radical (unpaired) electrons. The zero-order valence-corrected chi connectivity index (χ0v) is 50.5. The smallest absolute Gasteiger partial charge is 0.319 e. The molecule has 0 heterocycles. The monoisotopic (exact) mass is 1060 g/mol. The summed E-state index contributed by atoms with van der Waals surface area (Å²) >= 11 is 6.12. The van der Waals surface area contributed by atoms with Crippen LogP contribution in [0.5, 0.6) is 17.2 Å². The lowest BCUT2D eigenvalue weighted by Gasteiger charge is -2.19. The topological polar surface area (TPSA) is 68.8 Å². The standard InChI is InChI=1S/C68H121ClN2O4/c1-4-7-10-13-16-19-22-25-28-31-34-37-40-43-46-49-56-73-65-59-64(71-68(72)70-61-62-52-54-63(69)55-53-62)60-66(74-57-50-47-44-41-38-35-32-29-26-23-20-17-14-11-8-5-2)67(65)75-58-51-48-45-42-39-36-33-30-27-24-21-18-15-12-9-6-3/h52-55,59-60H,4-51,56-58,61H2,1-3H3,(H2,70,71,72). The Morgan fingerprint density at radius 2 is 0.613 bits per heavy atom. The van der Waals surface area contributed by atoms with E-state index in [1.807, 2.05) is 36.4 Å². The third-order valence-corrected chi connectivity index (χ3v) is 15.7. The molecule has 0 saturated heterocycles. The molecule has 0 aliphatic rings. The van der Waals surface area contributed by atoms with Crippen molar-refractivity contribution in [2.75, 3.05) is 25.1 Å². The second-order valence-corrected chi connectivity index (χ2v) is 23.1. The fourth-order valence-electron chi connectivity index (χ4n) is 10.5. The first-order chi connectivity index (χ1) is 37.1. The van der Waals surface area contributed by atoms with Gasteiger partial charge in [0.1, 0.15) is 0 Å². The number of hydrogen-bond acceptors (Lipinski definition) is 4. The van der Waals surface area contributed by atoms with Gasteiger partial charge in [-0.15, -0.1) is 0 Å². The number of halogens is 1. The molecule has 0 unspecified atom stereocenters. The lowest BCUT2D eigenvalue weighted by molar-refractivity contribution is 0.234. The third-order valence-electron chi connectivity index (χ3n) is 15.4. The number of carbonyl (C=O) groups is 1. The quantitative estimate of drug-likeness (QED) is 0.0648. The minimum absolute atomic E-state index is 0.278. The Balaban J connectivity index is 1.91. The van der Waals surface area contributed by atoms with Crippen molar-refractivity contribution < 1.29 is 19.0 Å². The maximum absolute atomic E-state index is 13.3. The molecule has 0 saturated carbocycles. The Hall–Kier alpha value is -2.60. The summed E-state index contributed by atoms with van der Waals surface area (Å²) in [6.07, 6.45) is 64.4. The lowest BCUT2D eigenvalue weighted by Crippen LogP contribution is -2.28. The van der Waals surface area contributed by atoms with Gasteiger partial charge in [-0.3, -0.25) is 0 Å². The Kier molecular flexibility index (Phi) is 48.8. The number of urea groups is 1. The van der Waals surface area contributed by atoms with Crippen LogP contribution in [0.2, 0.25) is 5.02 Å². The highest BCUT2D eigenvalue weighted by Crippen LogP contribution is 2.41. The van der Waals surface area contributed by atoms with Gasteiger partial charge in [0.05, 0.1) is 25.5 Å². The van der Waals surface area contributed by atoms with Crippen LogP contribution in [0.25, 0.3) is 0 Å². The normalized spacial score (nSPS) is 11.4. The van der Waals surface area contributed by atoms with Gasteiger partial charge in [-0.1, -0.05) is 333 Å². The van der Waals surface area contributed by atoms with Crippen LogP contribution in [0, 0.1) is 0 Å². The summed E-state index contributed by atoms with van der Waals surface area (Å²) in [6, 6.07) is 11.1. The van der Waals surface area contributed by atoms with Crippen LogP contribution in [0.15, 0.2) is 36.4 Å². The molecule has 434 valence electrons. The average Bonchev–Trinajstić information content (AvgIpc) is 3.41. The fraction of sp³-hybridized carbons (Fsp3) is 0.809. The molecule has 2 N–H and O–H groups in total. The molecule has 0 atom stereocenters. The molecule has 0 aliphatic carbocycles. The fourth-order valence-corrected chi connectivity index (χ4v) is 10.6. The predicted molar refractivity (Wildman–Crippen MR) is 329 cm³/mol. The minimum Gasteiger partial charge on any atom is -0.489 e. The first kappa shape index (κ1) is 68.5. The molecular formula is C68H121ClN2O4. The zero-order valence-electron chi connectivity index (χ0n) is 49.7. The molecule has 0 fully saturated rings. The van der Waals surface area contributed by atoms with E-state index in [1.165, 1.54) is 270 Å². The zero-order chi connectivity index (χ0) is 53.6. The van der Waals surface area contributed by atoms with Gasteiger partial charge >= 0.3 is 6.03 Å². The average molecular weight is 1070 g/mol. The van der Waals surface area contributed by atoms with E-state index in [0.29, 0.717) is 54.3 Å². The van der Waals surface area contributed by atoms with Crippen molar-refractivity contribution in [2.45, 2.75) is 336 Å². The van der Waals surface area contributed by atoms with Gasteiger partial charge < -0.3 is 24.8 Å². The molecule has 2 aromatic carbocycles. The van der Waals surface area contributed by atoms with Crippen molar-refractivity contribution in [1.82, 2.24) is 5.32 Å². The second-order valence-electron chi connectivity index (χ2n) is 22.7. The van der Waals surface area contributed by atoms with E-state index in [2.05, 4.69) is 31.4 Å². The Bertz CT molecular complexity index is 1460. The highest BCUT2D eigenvalue weighted by molar-refractivity contribution is 6.30. The number of unbranched alkanes of at least 4 members (excludes halogenated alkanes) is 45.